The predicted molar refractivity (Wildman–Crippen MR) is 102 cm³/mol. The van der Waals surface area contributed by atoms with Gasteiger partial charge in [-0.25, -0.2) is 9.59 Å². The Labute approximate surface area is 154 Å². The second-order valence-electron chi connectivity index (χ2n) is 5.33. The van der Waals surface area contributed by atoms with Crippen molar-refractivity contribution in [3.63, 3.8) is 0 Å². The van der Waals surface area contributed by atoms with Gasteiger partial charge in [0.05, 0.1) is 12.8 Å². The number of para-hydroxylation sites is 1. The number of thiophene rings is 1. The molecule has 3 rings (SSSR count). The Morgan fingerprint density at radius 2 is 1.69 bits per heavy atom. The number of amides is 2. The zero-order valence-electron chi connectivity index (χ0n) is 13.9. The summed E-state index contributed by atoms with van der Waals surface area (Å²) >= 11 is 1.10. The molecule has 0 saturated carbocycles. The number of carbonyl (C=O) groups is 2. The van der Waals surface area contributed by atoms with E-state index in [9.17, 15) is 14.7 Å². The van der Waals surface area contributed by atoms with E-state index < -0.39 is 12.0 Å². The molecule has 0 bridgehead atoms. The summed E-state index contributed by atoms with van der Waals surface area (Å²) in [6.07, 6.45) is 0. The van der Waals surface area contributed by atoms with Crippen molar-refractivity contribution in [3.05, 3.63) is 65.5 Å². The van der Waals surface area contributed by atoms with Crippen molar-refractivity contribution < 1.29 is 19.4 Å². The summed E-state index contributed by atoms with van der Waals surface area (Å²) < 4.78 is 5.13. The molecule has 0 atom stereocenters. The Morgan fingerprint density at radius 1 is 1.00 bits per heavy atom. The van der Waals surface area contributed by atoms with E-state index in [4.69, 9.17) is 4.74 Å². The number of nitrogens with one attached hydrogen (secondary N) is 2. The highest BCUT2D eigenvalue weighted by Crippen LogP contribution is 2.35. The molecule has 0 aliphatic rings. The number of carboxylic acid groups (broad SMARTS) is 1. The van der Waals surface area contributed by atoms with Crippen LogP contribution >= 0.6 is 11.3 Å². The highest BCUT2D eigenvalue weighted by atomic mass is 32.1. The van der Waals surface area contributed by atoms with Crippen molar-refractivity contribution in [2.75, 3.05) is 17.7 Å². The van der Waals surface area contributed by atoms with Crippen molar-refractivity contribution in [1.29, 1.82) is 0 Å². The second-order valence-corrected chi connectivity index (χ2v) is 6.38. The molecule has 0 aliphatic heterocycles. The first-order valence-electron chi connectivity index (χ1n) is 7.71. The van der Waals surface area contributed by atoms with Crippen LogP contribution in [-0.2, 0) is 0 Å². The number of carbonyl (C=O) groups excluding carboxylic acids is 1. The molecule has 2 amide bonds. The van der Waals surface area contributed by atoms with Gasteiger partial charge in [0, 0.05) is 10.6 Å². The lowest BCUT2D eigenvalue weighted by Gasteiger charge is -2.06. The van der Waals surface area contributed by atoms with Crippen LogP contribution in [0.25, 0.3) is 10.4 Å². The molecule has 26 heavy (non-hydrogen) atoms. The largest absolute Gasteiger partial charge is 0.497 e. The molecule has 1 aromatic heterocycles. The van der Waals surface area contributed by atoms with Gasteiger partial charge in [0.15, 0.2) is 0 Å². The van der Waals surface area contributed by atoms with Crippen LogP contribution in [-0.4, -0.2) is 24.2 Å². The van der Waals surface area contributed by atoms with E-state index in [2.05, 4.69) is 10.6 Å². The monoisotopic (exact) mass is 368 g/mol. The molecule has 3 N–H and O–H groups in total. The average Bonchev–Trinajstić information content (AvgIpc) is 3.06. The van der Waals surface area contributed by atoms with Crippen molar-refractivity contribution in [3.8, 4) is 16.2 Å². The van der Waals surface area contributed by atoms with Crippen molar-refractivity contribution >= 4 is 34.7 Å². The van der Waals surface area contributed by atoms with Crippen LogP contribution in [0.15, 0.2) is 60.7 Å². The molecular formula is C19H16N2O4S. The summed E-state index contributed by atoms with van der Waals surface area (Å²) in [7, 11) is 1.58. The molecule has 2 aromatic carbocycles. The van der Waals surface area contributed by atoms with Crippen LogP contribution < -0.4 is 15.4 Å². The van der Waals surface area contributed by atoms with E-state index in [-0.39, 0.29) is 10.6 Å². The van der Waals surface area contributed by atoms with Gasteiger partial charge >= 0.3 is 12.0 Å². The number of urea groups is 1. The number of anilines is 2. The number of aromatic carboxylic acids is 1. The second kappa shape index (κ2) is 7.71. The van der Waals surface area contributed by atoms with Crippen LogP contribution in [0.5, 0.6) is 5.75 Å². The number of hydrogen-bond acceptors (Lipinski definition) is 4. The molecule has 0 fully saturated rings. The quantitative estimate of drug-likeness (QED) is 0.605. The summed E-state index contributed by atoms with van der Waals surface area (Å²) in [6, 6.07) is 17.3. The number of ether oxygens (including phenoxy) is 1. The van der Waals surface area contributed by atoms with Crippen LogP contribution in [0, 0.1) is 0 Å². The van der Waals surface area contributed by atoms with Gasteiger partial charge in [-0.2, -0.15) is 0 Å². The SMILES string of the molecule is COc1ccc(-c2cc(NC(=O)Nc3ccccc3)c(C(=O)O)s2)cc1. The van der Waals surface area contributed by atoms with Gasteiger partial charge in [0.1, 0.15) is 10.6 Å². The summed E-state index contributed by atoms with van der Waals surface area (Å²) in [4.78, 5) is 24.5. The minimum atomic E-state index is -1.09. The van der Waals surface area contributed by atoms with Gasteiger partial charge in [0.25, 0.3) is 0 Å². The third kappa shape index (κ3) is 4.01. The number of benzene rings is 2. The zero-order valence-corrected chi connectivity index (χ0v) is 14.7. The minimum absolute atomic E-state index is 0.0685. The minimum Gasteiger partial charge on any atom is -0.497 e. The Hall–Kier alpha value is -3.32. The van der Waals surface area contributed by atoms with E-state index in [0.717, 1.165) is 21.8 Å². The summed E-state index contributed by atoms with van der Waals surface area (Å²) in [5.74, 6) is -0.380. The maximum atomic E-state index is 12.2. The van der Waals surface area contributed by atoms with Crippen molar-refractivity contribution in [2.24, 2.45) is 0 Å². The Balaban J connectivity index is 1.82. The maximum Gasteiger partial charge on any atom is 0.348 e. The first-order chi connectivity index (χ1) is 12.6. The molecule has 0 saturated heterocycles. The van der Waals surface area contributed by atoms with Crippen LogP contribution in [0.4, 0.5) is 16.2 Å². The molecule has 0 radical (unpaired) electrons. The fraction of sp³-hybridized carbons (Fsp3) is 0.0526. The van der Waals surface area contributed by atoms with Crippen LogP contribution in [0.3, 0.4) is 0 Å². The van der Waals surface area contributed by atoms with Crippen molar-refractivity contribution in [2.45, 2.75) is 0 Å². The zero-order chi connectivity index (χ0) is 18.5. The lowest BCUT2D eigenvalue weighted by atomic mass is 10.2. The molecule has 6 nitrogen and oxygen atoms in total. The Bertz CT molecular complexity index is 920. The molecule has 0 spiro atoms. The first-order valence-corrected chi connectivity index (χ1v) is 8.53. The van der Waals surface area contributed by atoms with E-state index in [1.807, 2.05) is 18.2 Å². The highest BCUT2D eigenvalue weighted by molar-refractivity contribution is 7.18. The number of carboxylic acids is 1. The topological polar surface area (TPSA) is 87.7 Å². The summed E-state index contributed by atoms with van der Waals surface area (Å²) in [6.45, 7) is 0. The lowest BCUT2D eigenvalue weighted by Crippen LogP contribution is -2.20. The van der Waals surface area contributed by atoms with Gasteiger partial charge in [0.2, 0.25) is 0 Å². The van der Waals surface area contributed by atoms with Gasteiger partial charge in [-0.3, -0.25) is 0 Å². The van der Waals surface area contributed by atoms with Crippen LogP contribution in [0.2, 0.25) is 0 Å². The maximum absolute atomic E-state index is 12.2. The highest BCUT2D eigenvalue weighted by Gasteiger charge is 2.18. The molecule has 7 heteroatoms. The molecular weight excluding hydrogens is 352 g/mol. The number of methoxy groups -OCH3 is 1. The standard InChI is InChI=1S/C19H16N2O4S/c1-25-14-9-7-12(8-10-14)16-11-15(17(26-16)18(22)23)21-19(24)20-13-5-3-2-4-6-13/h2-11H,1H3,(H,22,23)(H2,20,21,24). The summed E-state index contributed by atoms with van der Waals surface area (Å²) in [5.41, 5.74) is 1.71. The van der Waals surface area contributed by atoms with E-state index in [0.29, 0.717) is 11.4 Å². The summed E-state index contributed by atoms with van der Waals surface area (Å²) in [5, 5.41) is 14.7. The smallest absolute Gasteiger partial charge is 0.348 e. The predicted octanol–water partition coefficient (Wildman–Crippen LogP) is 4.77. The fourth-order valence-electron chi connectivity index (χ4n) is 2.35. The van der Waals surface area contributed by atoms with Crippen LogP contribution in [0.1, 0.15) is 9.67 Å². The Kier molecular flexibility index (Phi) is 5.19. The van der Waals surface area contributed by atoms with Gasteiger partial charge in [-0.05, 0) is 48.0 Å². The molecule has 132 valence electrons. The van der Waals surface area contributed by atoms with Gasteiger partial charge in [-0.1, -0.05) is 18.2 Å². The molecule has 0 unspecified atom stereocenters. The lowest BCUT2D eigenvalue weighted by molar-refractivity contribution is 0.0703. The van der Waals surface area contributed by atoms with E-state index in [1.54, 1.807) is 49.6 Å². The average molecular weight is 368 g/mol. The molecule has 0 aliphatic carbocycles. The van der Waals surface area contributed by atoms with Crippen molar-refractivity contribution in [1.82, 2.24) is 0 Å². The van der Waals surface area contributed by atoms with Gasteiger partial charge in [-0.15, -0.1) is 11.3 Å². The molecule has 1 heterocycles. The molecule has 3 aromatic rings. The third-order valence-corrected chi connectivity index (χ3v) is 4.75. The fourth-order valence-corrected chi connectivity index (χ4v) is 3.30. The van der Waals surface area contributed by atoms with E-state index in [1.165, 1.54) is 0 Å². The van der Waals surface area contributed by atoms with E-state index >= 15 is 0 Å². The van der Waals surface area contributed by atoms with Gasteiger partial charge < -0.3 is 20.5 Å². The number of rotatable bonds is 5. The first kappa shape index (κ1) is 17.5. The normalized spacial score (nSPS) is 10.2. The third-order valence-electron chi connectivity index (χ3n) is 3.58. The Morgan fingerprint density at radius 3 is 2.31 bits per heavy atom. The number of hydrogen-bond donors (Lipinski definition) is 3.